The van der Waals surface area contributed by atoms with Gasteiger partial charge in [0.25, 0.3) is 0 Å². The highest BCUT2D eigenvalue weighted by molar-refractivity contribution is 6.15. The minimum atomic E-state index is -1.47. The molecule has 4 aliphatic rings. The lowest BCUT2D eigenvalue weighted by Crippen LogP contribution is -2.75. The van der Waals surface area contributed by atoms with Gasteiger partial charge >= 0.3 is 0 Å². The van der Waals surface area contributed by atoms with Gasteiger partial charge in [-0.1, -0.05) is 6.92 Å². The summed E-state index contributed by atoms with van der Waals surface area (Å²) >= 11 is 0. The molecule has 0 spiro atoms. The van der Waals surface area contributed by atoms with Gasteiger partial charge in [-0.2, -0.15) is 0 Å². The molecule has 4 nitrogen and oxygen atoms in total. The average Bonchev–Trinajstić information content (AvgIpc) is 2.31. The summed E-state index contributed by atoms with van der Waals surface area (Å²) in [6.45, 7) is 5.12. The summed E-state index contributed by atoms with van der Waals surface area (Å²) in [7, 11) is 0. The third-order valence-corrected chi connectivity index (χ3v) is 6.01. The van der Waals surface area contributed by atoms with Crippen molar-refractivity contribution in [1.82, 2.24) is 0 Å². The van der Waals surface area contributed by atoms with Gasteiger partial charge < -0.3 is 10.2 Å². The molecule has 0 aromatic rings. The predicted octanol–water partition coefficient (Wildman–Crippen LogP) is 0.548. The van der Waals surface area contributed by atoms with Gasteiger partial charge in [0.15, 0.2) is 11.6 Å². The quantitative estimate of drug-likeness (QED) is 0.617. The number of hydrogen-bond acceptors (Lipinski definition) is 4. The van der Waals surface area contributed by atoms with Gasteiger partial charge in [0.05, 0.1) is 17.4 Å². The lowest BCUT2D eigenvalue weighted by molar-refractivity contribution is -0.216. The Bertz CT molecular complexity index is 441. The standard InChI is InChI=1S/C14H20O4/c1-6-7-4-5-8(15)9-10(7)14(3,18)12(17)13(6,2)11(9)16/h6-10,15,18H,4-5H2,1-3H3/t6-,7?,8+,9?,10?,13-,14+/m1/s1. The van der Waals surface area contributed by atoms with E-state index in [9.17, 15) is 19.8 Å². The molecule has 100 valence electrons. The van der Waals surface area contributed by atoms with Gasteiger partial charge in [-0.25, -0.2) is 0 Å². The summed E-state index contributed by atoms with van der Waals surface area (Å²) in [6, 6.07) is 0. The lowest BCUT2D eigenvalue weighted by Gasteiger charge is -2.63. The molecular formula is C14H20O4. The van der Waals surface area contributed by atoms with Crippen LogP contribution in [0.1, 0.15) is 33.6 Å². The summed E-state index contributed by atoms with van der Waals surface area (Å²) < 4.78 is 0. The van der Waals surface area contributed by atoms with Crippen molar-refractivity contribution in [2.75, 3.05) is 0 Å². The predicted molar refractivity (Wildman–Crippen MR) is 63.6 cm³/mol. The van der Waals surface area contributed by atoms with Crippen molar-refractivity contribution in [3.8, 4) is 0 Å². The number of carbonyl (C=O) groups excluding carboxylic acids is 2. The third-order valence-electron chi connectivity index (χ3n) is 6.01. The molecule has 3 unspecified atom stereocenters. The maximum absolute atomic E-state index is 12.5. The van der Waals surface area contributed by atoms with Crippen molar-refractivity contribution >= 4 is 11.6 Å². The highest BCUT2D eigenvalue weighted by atomic mass is 16.3. The van der Waals surface area contributed by atoms with Crippen molar-refractivity contribution in [3.05, 3.63) is 0 Å². The molecule has 0 aliphatic heterocycles. The van der Waals surface area contributed by atoms with Gasteiger partial charge in [0, 0.05) is 5.92 Å². The summed E-state index contributed by atoms with van der Waals surface area (Å²) in [5, 5.41) is 20.6. The fraction of sp³-hybridized carbons (Fsp3) is 0.857. The molecule has 4 rings (SSSR count). The Morgan fingerprint density at radius 3 is 2.44 bits per heavy atom. The van der Waals surface area contributed by atoms with E-state index in [-0.39, 0.29) is 23.4 Å². The molecule has 4 bridgehead atoms. The Morgan fingerprint density at radius 1 is 1.22 bits per heavy atom. The lowest BCUT2D eigenvalue weighted by atomic mass is 9.39. The van der Waals surface area contributed by atoms with Crippen LogP contribution >= 0.6 is 0 Å². The largest absolute Gasteiger partial charge is 0.392 e. The monoisotopic (exact) mass is 252 g/mol. The molecule has 7 atom stereocenters. The van der Waals surface area contributed by atoms with Gasteiger partial charge in [-0.05, 0) is 38.5 Å². The molecule has 18 heavy (non-hydrogen) atoms. The Kier molecular flexibility index (Phi) is 2.20. The van der Waals surface area contributed by atoms with Crippen molar-refractivity contribution in [2.45, 2.75) is 45.3 Å². The Morgan fingerprint density at radius 2 is 1.83 bits per heavy atom. The highest BCUT2D eigenvalue weighted by Crippen LogP contribution is 2.62. The van der Waals surface area contributed by atoms with Crippen LogP contribution in [0.3, 0.4) is 0 Å². The summed E-state index contributed by atoms with van der Waals surface area (Å²) in [5.74, 6) is -1.34. The van der Waals surface area contributed by atoms with Crippen molar-refractivity contribution in [1.29, 1.82) is 0 Å². The average molecular weight is 252 g/mol. The van der Waals surface area contributed by atoms with Crippen LogP contribution in [-0.4, -0.2) is 33.5 Å². The molecular weight excluding hydrogens is 232 g/mol. The zero-order valence-corrected chi connectivity index (χ0v) is 11.0. The van der Waals surface area contributed by atoms with Gasteiger partial charge in [-0.15, -0.1) is 0 Å². The summed E-state index contributed by atoms with van der Waals surface area (Å²) in [5.41, 5.74) is -2.58. The number of aliphatic hydroxyl groups excluding tert-OH is 1. The van der Waals surface area contributed by atoms with Gasteiger partial charge in [0.2, 0.25) is 0 Å². The molecule has 0 aromatic heterocycles. The van der Waals surface area contributed by atoms with Crippen molar-refractivity contribution in [3.63, 3.8) is 0 Å². The van der Waals surface area contributed by atoms with E-state index in [0.717, 1.165) is 6.42 Å². The fourth-order valence-electron chi connectivity index (χ4n) is 4.89. The molecule has 2 N–H and O–H groups in total. The SMILES string of the molecule is C[C@@H]1C2CC[C@H](O)C3C(=O)[C@]1(C)C(=O)[C@@](C)(O)C23. The first-order valence-corrected chi connectivity index (χ1v) is 6.73. The molecule has 0 aromatic carbocycles. The van der Waals surface area contributed by atoms with Crippen LogP contribution in [0.25, 0.3) is 0 Å². The van der Waals surface area contributed by atoms with Crippen LogP contribution in [0.15, 0.2) is 0 Å². The smallest absolute Gasteiger partial charge is 0.177 e. The summed E-state index contributed by atoms with van der Waals surface area (Å²) in [6.07, 6.45) is 0.683. The van der Waals surface area contributed by atoms with E-state index < -0.39 is 29.0 Å². The second-order valence-electron chi connectivity index (χ2n) is 6.69. The zero-order chi connectivity index (χ0) is 13.5. The number of Topliss-reactive ketones (excluding diaryl/α,β-unsaturated/α-hetero) is 2. The van der Waals surface area contributed by atoms with Crippen LogP contribution < -0.4 is 0 Å². The molecule has 4 saturated carbocycles. The van der Waals surface area contributed by atoms with Gasteiger partial charge in [0.1, 0.15) is 5.60 Å². The van der Waals surface area contributed by atoms with Crippen LogP contribution in [0.5, 0.6) is 0 Å². The summed E-state index contributed by atoms with van der Waals surface area (Å²) in [4.78, 5) is 25.0. The number of fused-ring (bicyclic) bond motifs is 1. The van der Waals surface area contributed by atoms with Crippen LogP contribution in [0.2, 0.25) is 0 Å². The molecule has 0 amide bonds. The van der Waals surface area contributed by atoms with Gasteiger partial charge in [-0.3, -0.25) is 9.59 Å². The zero-order valence-electron chi connectivity index (χ0n) is 11.0. The second-order valence-corrected chi connectivity index (χ2v) is 6.69. The van der Waals surface area contributed by atoms with Crippen molar-refractivity contribution < 1.29 is 19.8 Å². The van der Waals surface area contributed by atoms with E-state index in [1.165, 1.54) is 6.92 Å². The first-order chi connectivity index (χ1) is 8.24. The minimum absolute atomic E-state index is 0.0357. The number of carbonyl (C=O) groups is 2. The molecule has 0 saturated heterocycles. The fourth-order valence-corrected chi connectivity index (χ4v) is 4.89. The molecule has 0 radical (unpaired) electrons. The van der Waals surface area contributed by atoms with E-state index >= 15 is 0 Å². The minimum Gasteiger partial charge on any atom is -0.392 e. The van der Waals surface area contributed by atoms with E-state index in [2.05, 4.69) is 0 Å². The topological polar surface area (TPSA) is 74.6 Å². The first kappa shape index (κ1) is 12.3. The maximum Gasteiger partial charge on any atom is 0.177 e. The van der Waals surface area contributed by atoms with E-state index in [0.29, 0.717) is 6.42 Å². The molecule has 4 aliphatic carbocycles. The van der Waals surface area contributed by atoms with E-state index in [1.54, 1.807) is 6.92 Å². The number of aliphatic hydroxyl groups is 2. The Balaban J connectivity index is 2.22. The first-order valence-electron chi connectivity index (χ1n) is 6.73. The number of ketones is 2. The second kappa shape index (κ2) is 3.23. The third kappa shape index (κ3) is 1.05. The molecule has 4 heteroatoms. The van der Waals surface area contributed by atoms with Crippen LogP contribution in [0.4, 0.5) is 0 Å². The van der Waals surface area contributed by atoms with E-state index in [4.69, 9.17) is 0 Å². The van der Waals surface area contributed by atoms with Crippen LogP contribution in [-0.2, 0) is 9.59 Å². The normalized spacial score (nSPS) is 59.1. The highest BCUT2D eigenvalue weighted by Gasteiger charge is 2.73. The Hall–Kier alpha value is -0.740. The number of rotatable bonds is 0. The maximum atomic E-state index is 12.5. The van der Waals surface area contributed by atoms with Crippen LogP contribution in [0, 0.1) is 29.1 Å². The molecule has 4 fully saturated rings. The Labute approximate surface area is 106 Å². The number of hydrogen-bond donors (Lipinski definition) is 2. The van der Waals surface area contributed by atoms with Crippen molar-refractivity contribution in [2.24, 2.45) is 29.1 Å². The van der Waals surface area contributed by atoms with E-state index in [1.807, 2.05) is 6.92 Å². The molecule has 0 heterocycles.